The van der Waals surface area contributed by atoms with Gasteiger partial charge in [0, 0.05) is 31.2 Å². The van der Waals surface area contributed by atoms with Gasteiger partial charge in [0.1, 0.15) is 5.82 Å². The number of guanidine groups is 1. The van der Waals surface area contributed by atoms with Gasteiger partial charge in [-0.15, -0.1) is 24.0 Å². The van der Waals surface area contributed by atoms with E-state index in [1.165, 1.54) is 6.07 Å². The first-order valence-electron chi connectivity index (χ1n) is 6.97. The lowest BCUT2D eigenvalue weighted by Gasteiger charge is -2.17. The summed E-state index contributed by atoms with van der Waals surface area (Å²) in [5.41, 5.74) is 0.732. The summed E-state index contributed by atoms with van der Waals surface area (Å²) >= 11 is 3.26. The maximum absolute atomic E-state index is 13.7. The Morgan fingerprint density at radius 1 is 1.45 bits per heavy atom. The summed E-state index contributed by atoms with van der Waals surface area (Å²) in [5.74, 6) is 0.566. The second-order valence-corrected chi connectivity index (χ2v) is 5.75. The van der Waals surface area contributed by atoms with Gasteiger partial charge in [-0.05, 0) is 37.5 Å². The van der Waals surface area contributed by atoms with E-state index in [1.807, 2.05) is 19.1 Å². The van der Waals surface area contributed by atoms with E-state index in [2.05, 4.69) is 31.6 Å². The molecule has 4 nitrogen and oxygen atoms in total. The van der Waals surface area contributed by atoms with Crippen LogP contribution in [0.3, 0.4) is 0 Å². The van der Waals surface area contributed by atoms with Crippen LogP contribution in [0.1, 0.15) is 18.9 Å². The lowest BCUT2D eigenvalue weighted by atomic mass is 10.1. The van der Waals surface area contributed by atoms with Crippen molar-refractivity contribution in [3.05, 3.63) is 34.1 Å². The van der Waals surface area contributed by atoms with Gasteiger partial charge in [-0.25, -0.2) is 4.39 Å². The van der Waals surface area contributed by atoms with Crippen molar-refractivity contribution in [2.24, 2.45) is 4.99 Å². The van der Waals surface area contributed by atoms with E-state index in [9.17, 15) is 4.39 Å². The third-order valence-corrected chi connectivity index (χ3v) is 3.45. The number of aryl methyl sites for hydroxylation is 1. The van der Waals surface area contributed by atoms with Crippen molar-refractivity contribution >= 4 is 45.9 Å². The van der Waals surface area contributed by atoms with Gasteiger partial charge < -0.3 is 15.4 Å². The van der Waals surface area contributed by atoms with Crippen LogP contribution in [-0.4, -0.2) is 39.3 Å². The Morgan fingerprint density at radius 3 is 2.77 bits per heavy atom. The summed E-state index contributed by atoms with van der Waals surface area (Å²) in [7, 11) is 3.39. The van der Waals surface area contributed by atoms with Crippen LogP contribution in [-0.2, 0) is 11.2 Å². The minimum atomic E-state index is -0.166. The van der Waals surface area contributed by atoms with E-state index in [4.69, 9.17) is 4.74 Å². The van der Waals surface area contributed by atoms with Crippen molar-refractivity contribution in [3.8, 4) is 0 Å². The van der Waals surface area contributed by atoms with Crippen molar-refractivity contribution in [3.63, 3.8) is 0 Å². The van der Waals surface area contributed by atoms with Gasteiger partial charge in [0.05, 0.1) is 6.61 Å². The standard InChI is InChI=1S/C15H23BrFN3O.HI/c1-11(10-21-3)20-15(18-2)19-8-4-5-12-6-7-13(16)9-14(12)17;/h6-7,9,11H,4-5,8,10H2,1-3H3,(H2,18,19,20);1H. The average Bonchev–Trinajstić information content (AvgIpc) is 2.44. The van der Waals surface area contributed by atoms with E-state index in [0.29, 0.717) is 13.0 Å². The molecule has 0 fully saturated rings. The smallest absolute Gasteiger partial charge is 0.191 e. The Bertz CT molecular complexity index is 474. The van der Waals surface area contributed by atoms with Crippen LogP contribution in [0.5, 0.6) is 0 Å². The van der Waals surface area contributed by atoms with E-state index in [1.54, 1.807) is 14.2 Å². The zero-order valence-corrected chi connectivity index (χ0v) is 17.1. The van der Waals surface area contributed by atoms with Crippen LogP contribution in [0.25, 0.3) is 0 Å². The number of methoxy groups -OCH3 is 1. The molecule has 0 radical (unpaired) electrons. The molecule has 7 heteroatoms. The van der Waals surface area contributed by atoms with Gasteiger partial charge in [0.2, 0.25) is 0 Å². The van der Waals surface area contributed by atoms with Crippen molar-refractivity contribution in [2.45, 2.75) is 25.8 Å². The van der Waals surface area contributed by atoms with E-state index in [0.717, 1.165) is 29.0 Å². The monoisotopic (exact) mass is 487 g/mol. The zero-order chi connectivity index (χ0) is 15.7. The van der Waals surface area contributed by atoms with Crippen LogP contribution in [0.15, 0.2) is 27.7 Å². The number of hydrogen-bond acceptors (Lipinski definition) is 2. The molecular weight excluding hydrogens is 464 g/mol. The largest absolute Gasteiger partial charge is 0.383 e. The summed E-state index contributed by atoms with van der Waals surface area (Å²) in [6.07, 6.45) is 1.52. The van der Waals surface area contributed by atoms with Gasteiger partial charge in [0.15, 0.2) is 5.96 Å². The highest BCUT2D eigenvalue weighted by molar-refractivity contribution is 14.0. The maximum atomic E-state index is 13.7. The lowest BCUT2D eigenvalue weighted by molar-refractivity contribution is 0.179. The van der Waals surface area contributed by atoms with E-state index < -0.39 is 0 Å². The quantitative estimate of drug-likeness (QED) is 0.268. The van der Waals surface area contributed by atoms with E-state index in [-0.39, 0.29) is 35.8 Å². The van der Waals surface area contributed by atoms with Gasteiger partial charge in [-0.2, -0.15) is 0 Å². The first-order chi connectivity index (χ1) is 10.1. The molecule has 1 atom stereocenters. The molecule has 0 saturated heterocycles. The molecule has 1 aromatic rings. The van der Waals surface area contributed by atoms with Crippen molar-refractivity contribution in [1.82, 2.24) is 10.6 Å². The Kier molecular flexibility index (Phi) is 11.8. The zero-order valence-electron chi connectivity index (χ0n) is 13.2. The number of rotatable bonds is 7. The second kappa shape index (κ2) is 12.1. The summed E-state index contributed by atoms with van der Waals surface area (Å²) in [6, 6.07) is 5.35. The van der Waals surface area contributed by atoms with Crippen LogP contribution < -0.4 is 10.6 Å². The van der Waals surface area contributed by atoms with Crippen molar-refractivity contribution in [1.29, 1.82) is 0 Å². The lowest BCUT2D eigenvalue weighted by Crippen LogP contribution is -2.44. The van der Waals surface area contributed by atoms with Gasteiger partial charge >= 0.3 is 0 Å². The first-order valence-corrected chi connectivity index (χ1v) is 7.76. The molecule has 0 aliphatic heterocycles. The highest BCUT2D eigenvalue weighted by Crippen LogP contribution is 2.16. The molecular formula is C15H24BrFIN3O. The first kappa shape index (κ1) is 21.6. The van der Waals surface area contributed by atoms with Gasteiger partial charge in [0.25, 0.3) is 0 Å². The Labute approximate surface area is 157 Å². The highest BCUT2D eigenvalue weighted by Gasteiger charge is 2.05. The summed E-state index contributed by atoms with van der Waals surface area (Å²) < 4.78 is 19.5. The Morgan fingerprint density at radius 2 is 2.18 bits per heavy atom. The normalized spacial score (nSPS) is 12.5. The second-order valence-electron chi connectivity index (χ2n) is 4.84. The maximum Gasteiger partial charge on any atom is 0.191 e. The topological polar surface area (TPSA) is 45.7 Å². The SMILES string of the molecule is CN=C(NCCCc1ccc(Br)cc1F)NC(C)COC.I. The third-order valence-electron chi connectivity index (χ3n) is 2.95. The highest BCUT2D eigenvalue weighted by atomic mass is 127. The molecule has 1 aromatic carbocycles. The molecule has 0 aromatic heterocycles. The fraction of sp³-hybridized carbons (Fsp3) is 0.533. The van der Waals surface area contributed by atoms with Crippen LogP contribution >= 0.6 is 39.9 Å². The summed E-state index contributed by atoms with van der Waals surface area (Å²) in [4.78, 5) is 4.14. The average molecular weight is 488 g/mol. The minimum absolute atomic E-state index is 0. The summed E-state index contributed by atoms with van der Waals surface area (Å²) in [6.45, 7) is 3.37. The number of halogens is 3. The molecule has 0 aliphatic rings. The van der Waals surface area contributed by atoms with Gasteiger partial charge in [-0.3, -0.25) is 4.99 Å². The predicted molar refractivity (Wildman–Crippen MR) is 104 cm³/mol. The molecule has 22 heavy (non-hydrogen) atoms. The molecule has 0 spiro atoms. The van der Waals surface area contributed by atoms with Crippen molar-refractivity contribution in [2.75, 3.05) is 27.3 Å². The summed E-state index contributed by atoms with van der Waals surface area (Å²) in [5, 5.41) is 6.43. The number of aliphatic imine (C=N–C) groups is 1. The van der Waals surface area contributed by atoms with Crippen LogP contribution in [0, 0.1) is 5.82 Å². The molecule has 1 rings (SSSR count). The molecule has 0 heterocycles. The molecule has 0 amide bonds. The molecule has 0 saturated carbocycles. The van der Waals surface area contributed by atoms with Crippen molar-refractivity contribution < 1.29 is 9.13 Å². The predicted octanol–water partition coefficient (Wildman–Crippen LogP) is 3.34. The molecule has 0 aliphatic carbocycles. The molecule has 0 bridgehead atoms. The van der Waals surface area contributed by atoms with Crippen LogP contribution in [0.4, 0.5) is 4.39 Å². The third kappa shape index (κ3) is 8.28. The fourth-order valence-corrected chi connectivity index (χ4v) is 2.26. The van der Waals surface area contributed by atoms with E-state index >= 15 is 0 Å². The number of benzene rings is 1. The minimum Gasteiger partial charge on any atom is -0.383 e. The molecule has 1 unspecified atom stereocenters. The number of nitrogens with zero attached hydrogens (tertiary/aromatic N) is 1. The molecule has 2 N–H and O–H groups in total. The number of hydrogen-bond donors (Lipinski definition) is 2. The fourth-order valence-electron chi connectivity index (χ4n) is 1.93. The number of ether oxygens (including phenoxy) is 1. The Balaban J connectivity index is 0.00000441. The Hall–Kier alpha value is -0.410. The van der Waals surface area contributed by atoms with Crippen LogP contribution in [0.2, 0.25) is 0 Å². The number of nitrogens with one attached hydrogen (secondary N) is 2. The van der Waals surface area contributed by atoms with Gasteiger partial charge in [-0.1, -0.05) is 22.0 Å². The molecule has 126 valence electrons.